The van der Waals surface area contributed by atoms with E-state index in [1.54, 1.807) is 10.7 Å². The molecule has 0 aromatic heterocycles. The number of benzene rings is 3. The molecular formula is C23H22Sn. The third kappa shape index (κ3) is 1.86. The van der Waals surface area contributed by atoms with E-state index in [-0.39, 0.29) is 0 Å². The Morgan fingerprint density at radius 1 is 0.542 bits per heavy atom. The molecule has 0 amide bonds. The first-order valence-electron chi connectivity index (χ1n) is 9.02. The van der Waals surface area contributed by atoms with E-state index in [4.69, 9.17) is 0 Å². The van der Waals surface area contributed by atoms with Crippen LogP contribution in [-0.2, 0) is 0 Å². The molecule has 3 aliphatic carbocycles. The maximum absolute atomic E-state index is 3.01. The first-order valence-corrected chi connectivity index (χ1v) is 14.7. The van der Waals surface area contributed by atoms with Gasteiger partial charge in [-0.05, 0) is 0 Å². The third-order valence-electron chi connectivity index (χ3n) is 6.45. The molecule has 0 spiro atoms. The molecule has 0 saturated heterocycles. The molecule has 0 atom stereocenters. The Labute approximate surface area is 148 Å². The van der Waals surface area contributed by atoms with Gasteiger partial charge in [0, 0.05) is 0 Å². The zero-order valence-corrected chi connectivity index (χ0v) is 16.7. The Morgan fingerprint density at radius 2 is 0.875 bits per heavy atom. The number of rotatable bonds is 4. The van der Waals surface area contributed by atoms with Crippen LogP contribution in [0, 0.1) is 5.92 Å². The van der Waals surface area contributed by atoms with Gasteiger partial charge in [0.2, 0.25) is 0 Å². The molecule has 3 aromatic carbocycles. The summed E-state index contributed by atoms with van der Waals surface area (Å²) in [6.45, 7) is 0. The van der Waals surface area contributed by atoms with Crippen molar-refractivity contribution in [3.05, 3.63) is 91.0 Å². The summed E-state index contributed by atoms with van der Waals surface area (Å²) in [5.74, 6) is 1.01. The fourth-order valence-corrected chi connectivity index (χ4v) is 24.5. The molecule has 0 radical (unpaired) electrons. The second-order valence-electron chi connectivity index (χ2n) is 7.61. The Bertz CT molecular complexity index is 725. The van der Waals surface area contributed by atoms with Crippen LogP contribution in [0.5, 0.6) is 0 Å². The second-order valence-corrected chi connectivity index (χ2v) is 19.9. The molecule has 0 N–H and O–H groups in total. The fourth-order valence-electron chi connectivity index (χ4n) is 5.42. The molecular weight excluding hydrogens is 395 g/mol. The summed E-state index contributed by atoms with van der Waals surface area (Å²) in [6.07, 6.45) is 4.38. The van der Waals surface area contributed by atoms with Crippen molar-refractivity contribution in [1.29, 1.82) is 0 Å². The van der Waals surface area contributed by atoms with Crippen LogP contribution in [0.4, 0.5) is 0 Å². The minimum absolute atomic E-state index is 0.601. The van der Waals surface area contributed by atoms with Crippen LogP contribution in [0.15, 0.2) is 91.0 Å². The van der Waals surface area contributed by atoms with Gasteiger partial charge in [-0.25, -0.2) is 0 Å². The van der Waals surface area contributed by atoms with Gasteiger partial charge in [-0.15, -0.1) is 0 Å². The summed E-state index contributed by atoms with van der Waals surface area (Å²) in [7, 11) is 0. The predicted molar refractivity (Wildman–Crippen MR) is 104 cm³/mol. The van der Waals surface area contributed by atoms with E-state index in [1.807, 2.05) is 0 Å². The van der Waals surface area contributed by atoms with Crippen molar-refractivity contribution in [3.63, 3.8) is 0 Å². The Hall–Kier alpha value is -1.54. The molecule has 6 rings (SSSR count). The van der Waals surface area contributed by atoms with Crippen LogP contribution in [0.2, 0.25) is 3.43 Å². The zero-order chi connectivity index (χ0) is 16.0. The van der Waals surface area contributed by atoms with E-state index in [0.29, 0.717) is 3.43 Å². The van der Waals surface area contributed by atoms with Crippen molar-refractivity contribution in [2.45, 2.75) is 22.7 Å². The fraction of sp³-hybridized carbons (Fsp3) is 0.217. The van der Waals surface area contributed by atoms with Gasteiger partial charge in [-0.3, -0.25) is 0 Å². The molecule has 0 heterocycles. The van der Waals surface area contributed by atoms with Gasteiger partial charge < -0.3 is 0 Å². The molecule has 3 aliphatic rings. The van der Waals surface area contributed by atoms with Crippen LogP contribution >= 0.6 is 0 Å². The number of hydrogen-bond donors (Lipinski definition) is 0. The van der Waals surface area contributed by atoms with Crippen molar-refractivity contribution in [2.75, 3.05) is 0 Å². The zero-order valence-electron chi connectivity index (χ0n) is 13.9. The van der Waals surface area contributed by atoms with Crippen LogP contribution < -0.4 is 10.7 Å². The molecule has 3 fully saturated rings. The van der Waals surface area contributed by atoms with Gasteiger partial charge >= 0.3 is 149 Å². The first-order chi connectivity index (χ1) is 11.9. The molecule has 0 nitrogen and oxygen atoms in total. The van der Waals surface area contributed by atoms with Gasteiger partial charge in [0.1, 0.15) is 0 Å². The van der Waals surface area contributed by atoms with Gasteiger partial charge in [-0.2, -0.15) is 0 Å². The van der Waals surface area contributed by atoms with E-state index in [2.05, 4.69) is 91.0 Å². The van der Waals surface area contributed by atoms with Crippen LogP contribution in [0.25, 0.3) is 0 Å². The van der Waals surface area contributed by atoms with Crippen molar-refractivity contribution < 1.29 is 0 Å². The summed E-state index contributed by atoms with van der Waals surface area (Å²) < 4.78 is 5.57. The quantitative estimate of drug-likeness (QED) is 0.568. The molecule has 0 aliphatic heterocycles. The van der Waals surface area contributed by atoms with Crippen LogP contribution in [0.3, 0.4) is 0 Å². The van der Waals surface area contributed by atoms with E-state index in [9.17, 15) is 0 Å². The van der Waals surface area contributed by atoms with Crippen LogP contribution in [-0.4, -0.2) is 18.4 Å². The summed E-state index contributed by atoms with van der Waals surface area (Å²) >= 11 is -3.01. The van der Waals surface area contributed by atoms with Crippen LogP contribution in [0.1, 0.15) is 19.3 Å². The topological polar surface area (TPSA) is 0 Å². The summed E-state index contributed by atoms with van der Waals surface area (Å²) in [5, 5.41) is 0. The monoisotopic (exact) mass is 418 g/mol. The minimum atomic E-state index is -3.01. The average molecular weight is 417 g/mol. The van der Waals surface area contributed by atoms with Crippen molar-refractivity contribution in [3.8, 4) is 0 Å². The van der Waals surface area contributed by atoms with Crippen molar-refractivity contribution >= 4 is 29.1 Å². The van der Waals surface area contributed by atoms with E-state index in [1.165, 1.54) is 19.3 Å². The van der Waals surface area contributed by atoms with Crippen molar-refractivity contribution in [2.24, 2.45) is 5.92 Å². The molecule has 2 bridgehead atoms. The number of hydrogen-bond acceptors (Lipinski definition) is 0. The normalized spacial score (nSPS) is 24.8. The molecule has 1 heteroatoms. The Morgan fingerprint density at radius 3 is 1.12 bits per heavy atom. The van der Waals surface area contributed by atoms with Gasteiger partial charge in [-0.1, -0.05) is 0 Å². The standard InChI is InChI=1S/3C6H5.C5H7.Sn/c3*1-2-4-6-5-3-1;1-4-2-5(1)3-4;/h3*1-5H;4H,1-3H2;. The first kappa shape index (κ1) is 14.8. The molecule has 3 aromatic rings. The summed E-state index contributed by atoms with van der Waals surface area (Å²) in [5.41, 5.74) is 0. The van der Waals surface area contributed by atoms with E-state index in [0.717, 1.165) is 5.92 Å². The summed E-state index contributed by atoms with van der Waals surface area (Å²) in [4.78, 5) is 0. The molecule has 0 unspecified atom stereocenters. The van der Waals surface area contributed by atoms with Gasteiger partial charge in [0.15, 0.2) is 0 Å². The third-order valence-corrected chi connectivity index (χ3v) is 23.0. The average Bonchev–Trinajstić information content (AvgIpc) is 2.59. The van der Waals surface area contributed by atoms with E-state index < -0.39 is 18.4 Å². The van der Waals surface area contributed by atoms with Gasteiger partial charge in [0.05, 0.1) is 0 Å². The Kier molecular flexibility index (Phi) is 3.38. The molecule has 3 saturated carbocycles. The Balaban J connectivity index is 1.85. The molecule has 24 heavy (non-hydrogen) atoms. The van der Waals surface area contributed by atoms with Gasteiger partial charge in [0.25, 0.3) is 0 Å². The maximum atomic E-state index is 2.43. The summed E-state index contributed by atoms with van der Waals surface area (Å²) in [6, 6.07) is 34.5. The predicted octanol–water partition coefficient (Wildman–Crippen LogP) is 3.71. The second kappa shape index (κ2) is 5.49. The van der Waals surface area contributed by atoms with E-state index >= 15 is 0 Å². The SMILES string of the molecule is c1cc[c]([Sn]([c]2ccccc2)([c]2ccccc2)[C]23CC(C2)C3)cc1. The van der Waals surface area contributed by atoms with Crippen molar-refractivity contribution in [1.82, 2.24) is 0 Å². The molecule has 118 valence electrons.